The van der Waals surface area contributed by atoms with E-state index in [9.17, 15) is 4.79 Å². The molecule has 82 valence electrons. The number of methoxy groups -OCH3 is 1. The topological polar surface area (TPSA) is 35.5 Å². The Balaban J connectivity index is 3.09. The third kappa shape index (κ3) is 2.98. The number of carbonyl (C=O) groups is 1. The Morgan fingerprint density at radius 3 is 2.47 bits per heavy atom. The molecule has 0 amide bonds. The molecule has 0 aliphatic rings. The molecular weight excluding hydrogens is 192 g/mol. The zero-order valence-electron chi connectivity index (χ0n) is 9.53. The van der Waals surface area contributed by atoms with E-state index in [1.165, 1.54) is 6.92 Å². The quantitative estimate of drug-likeness (QED) is 0.566. The van der Waals surface area contributed by atoms with Crippen molar-refractivity contribution in [3.8, 4) is 11.5 Å². The molecule has 1 aromatic carbocycles. The number of benzene rings is 1. The van der Waals surface area contributed by atoms with Crippen molar-refractivity contribution < 1.29 is 14.3 Å². The molecule has 3 nitrogen and oxygen atoms in total. The predicted octanol–water partition coefficient (Wildman–Crippen LogP) is 2.74. The van der Waals surface area contributed by atoms with E-state index < -0.39 is 0 Å². The summed E-state index contributed by atoms with van der Waals surface area (Å²) in [6.45, 7) is 5.48. The number of carbonyl (C=O) groups excluding carboxylic acids is 1. The van der Waals surface area contributed by atoms with Crippen LogP contribution in [0.3, 0.4) is 0 Å². The lowest BCUT2D eigenvalue weighted by Crippen LogP contribution is -2.05. The minimum atomic E-state index is -0.304. The number of esters is 1. The van der Waals surface area contributed by atoms with Crippen LogP contribution in [0.2, 0.25) is 0 Å². The summed E-state index contributed by atoms with van der Waals surface area (Å²) in [5, 5.41) is 0. The van der Waals surface area contributed by atoms with Crippen LogP contribution in [0, 0.1) is 0 Å². The third-order valence-corrected chi connectivity index (χ3v) is 2.09. The van der Waals surface area contributed by atoms with Gasteiger partial charge in [0.05, 0.1) is 7.11 Å². The Morgan fingerprint density at radius 2 is 2.00 bits per heavy atom. The van der Waals surface area contributed by atoms with Gasteiger partial charge in [-0.1, -0.05) is 13.8 Å². The van der Waals surface area contributed by atoms with Crippen LogP contribution in [0.15, 0.2) is 18.2 Å². The Bertz CT molecular complexity index is 356. The van der Waals surface area contributed by atoms with Crippen LogP contribution in [-0.4, -0.2) is 13.1 Å². The van der Waals surface area contributed by atoms with E-state index >= 15 is 0 Å². The largest absolute Gasteiger partial charge is 0.497 e. The molecule has 15 heavy (non-hydrogen) atoms. The first kappa shape index (κ1) is 11.6. The van der Waals surface area contributed by atoms with Gasteiger partial charge in [-0.05, 0) is 24.1 Å². The highest BCUT2D eigenvalue weighted by atomic mass is 16.5. The summed E-state index contributed by atoms with van der Waals surface area (Å²) in [5.74, 6) is 1.37. The highest BCUT2D eigenvalue weighted by molar-refractivity contribution is 5.70. The van der Waals surface area contributed by atoms with Crippen molar-refractivity contribution >= 4 is 5.97 Å². The molecule has 0 atom stereocenters. The highest BCUT2D eigenvalue weighted by Gasteiger charge is 2.10. The minimum Gasteiger partial charge on any atom is -0.497 e. The molecule has 0 spiro atoms. The second-order valence-corrected chi connectivity index (χ2v) is 3.65. The molecule has 0 bridgehead atoms. The van der Waals surface area contributed by atoms with Gasteiger partial charge in [0.1, 0.15) is 11.5 Å². The molecule has 0 aliphatic carbocycles. The van der Waals surface area contributed by atoms with Crippen LogP contribution >= 0.6 is 0 Å². The van der Waals surface area contributed by atoms with Crippen molar-refractivity contribution in [2.45, 2.75) is 26.7 Å². The fourth-order valence-corrected chi connectivity index (χ4v) is 1.35. The Hall–Kier alpha value is -1.51. The summed E-state index contributed by atoms with van der Waals surface area (Å²) in [7, 11) is 1.62. The first-order valence-electron chi connectivity index (χ1n) is 4.91. The van der Waals surface area contributed by atoms with Gasteiger partial charge in [-0.2, -0.15) is 0 Å². The van der Waals surface area contributed by atoms with E-state index in [1.54, 1.807) is 19.2 Å². The summed E-state index contributed by atoms with van der Waals surface area (Å²) in [4.78, 5) is 10.9. The van der Waals surface area contributed by atoms with Crippen molar-refractivity contribution in [2.75, 3.05) is 7.11 Å². The second kappa shape index (κ2) is 4.82. The molecule has 1 rings (SSSR count). The average molecular weight is 208 g/mol. The van der Waals surface area contributed by atoms with E-state index in [0.717, 1.165) is 11.3 Å². The summed E-state index contributed by atoms with van der Waals surface area (Å²) in [5.41, 5.74) is 0.976. The van der Waals surface area contributed by atoms with Crippen molar-refractivity contribution in [3.05, 3.63) is 23.8 Å². The number of rotatable bonds is 3. The maximum atomic E-state index is 10.9. The fraction of sp³-hybridized carbons (Fsp3) is 0.417. The highest BCUT2D eigenvalue weighted by Crippen LogP contribution is 2.30. The van der Waals surface area contributed by atoms with Gasteiger partial charge >= 0.3 is 5.97 Å². The summed E-state index contributed by atoms with van der Waals surface area (Å²) >= 11 is 0. The van der Waals surface area contributed by atoms with Gasteiger partial charge in [0, 0.05) is 12.5 Å². The van der Waals surface area contributed by atoms with E-state index in [2.05, 4.69) is 0 Å². The molecule has 0 unspecified atom stereocenters. The molecule has 0 N–H and O–H groups in total. The van der Waals surface area contributed by atoms with Gasteiger partial charge < -0.3 is 9.47 Å². The molecule has 0 aromatic heterocycles. The summed E-state index contributed by atoms with van der Waals surface area (Å²) in [6.07, 6.45) is 0. The summed E-state index contributed by atoms with van der Waals surface area (Å²) in [6, 6.07) is 5.43. The minimum absolute atomic E-state index is 0.287. The van der Waals surface area contributed by atoms with Gasteiger partial charge in [-0.15, -0.1) is 0 Å². The van der Waals surface area contributed by atoms with Gasteiger partial charge in [0.15, 0.2) is 0 Å². The van der Waals surface area contributed by atoms with Crippen LogP contribution in [0.4, 0.5) is 0 Å². The van der Waals surface area contributed by atoms with Crippen LogP contribution in [0.5, 0.6) is 11.5 Å². The lowest BCUT2D eigenvalue weighted by Gasteiger charge is -2.13. The monoisotopic (exact) mass is 208 g/mol. The molecule has 0 fully saturated rings. The fourth-order valence-electron chi connectivity index (χ4n) is 1.35. The van der Waals surface area contributed by atoms with Crippen LogP contribution < -0.4 is 9.47 Å². The molecule has 0 radical (unpaired) electrons. The van der Waals surface area contributed by atoms with Crippen LogP contribution in [-0.2, 0) is 4.79 Å². The molecule has 0 saturated heterocycles. The van der Waals surface area contributed by atoms with Crippen molar-refractivity contribution in [1.29, 1.82) is 0 Å². The molecule has 0 saturated carbocycles. The van der Waals surface area contributed by atoms with Crippen molar-refractivity contribution in [2.24, 2.45) is 0 Å². The number of ether oxygens (including phenoxy) is 2. The first-order valence-corrected chi connectivity index (χ1v) is 4.91. The Morgan fingerprint density at radius 1 is 1.33 bits per heavy atom. The summed E-state index contributed by atoms with van der Waals surface area (Å²) < 4.78 is 10.2. The van der Waals surface area contributed by atoms with E-state index in [0.29, 0.717) is 5.75 Å². The maximum Gasteiger partial charge on any atom is 0.308 e. The molecule has 3 heteroatoms. The predicted molar refractivity (Wildman–Crippen MR) is 58.4 cm³/mol. The SMILES string of the molecule is COc1ccc(OC(C)=O)c(C(C)C)c1. The third-order valence-electron chi connectivity index (χ3n) is 2.09. The first-order chi connectivity index (χ1) is 7.04. The lowest BCUT2D eigenvalue weighted by molar-refractivity contribution is -0.131. The number of hydrogen-bond acceptors (Lipinski definition) is 3. The maximum absolute atomic E-state index is 10.9. The Labute approximate surface area is 90.0 Å². The van der Waals surface area contributed by atoms with Gasteiger partial charge in [-0.3, -0.25) is 4.79 Å². The van der Waals surface area contributed by atoms with E-state index in [4.69, 9.17) is 9.47 Å². The average Bonchev–Trinajstić information content (AvgIpc) is 2.17. The smallest absolute Gasteiger partial charge is 0.308 e. The normalized spacial score (nSPS) is 10.2. The van der Waals surface area contributed by atoms with Gasteiger partial charge in [0.25, 0.3) is 0 Å². The molecular formula is C12H16O3. The van der Waals surface area contributed by atoms with Crippen LogP contribution in [0.1, 0.15) is 32.3 Å². The Kier molecular flexibility index (Phi) is 3.72. The number of hydrogen-bond donors (Lipinski definition) is 0. The standard InChI is InChI=1S/C12H16O3/c1-8(2)11-7-10(14-4)5-6-12(11)15-9(3)13/h5-8H,1-4H3. The van der Waals surface area contributed by atoms with Crippen molar-refractivity contribution in [1.82, 2.24) is 0 Å². The zero-order chi connectivity index (χ0) is 11.4. The second-order valence-electron chi connectivity index (χ2n) is 3.65. The molecule has 0 heterocycles. The van der Waals surface area contributed by atoms with E-state index in [1.807, 2.05) is 19.9 Å². The van der Waals surface area contributed by atoms with Gasteiger partial charge in [-0.25, -0.2) is 0 Å². The van der Waals surface area contributed by atoms with Gasteiger partial charge in [0.2, 0.25) is 0 Å². The molecule has 0 aliphatic heterocycles. The van der Waals surface area contributed by atoms with E-state index in [-0.39, 0.29) is 11.9 Å². The van der Waals surface area contributed by atoms with Crippen LogP contribution in [0.25, 0.3) is 0 Å². The molecule has 1 aromatic rings. The lowest BCUT2D eigenvalue weighted by atomic mass is 10.0. The van der Waals surface area contributed by atoms with Crippen molar-refractivity contribution in [3.63, 3.8) is 0 Å². The zero-order valence-corrected chi connectivity index (χ0v) is 9.53.